The molecular weight excluding hydrogens is 244 g/mol. The van der Waals surface area contributed by atoms with Crippen LogP contribution in [0.5, 0.6) is 11.5 Å². The van der Waals surface area contributed by atoms with E-state index in [-0.39, 0.29) is 22.8 Å². The van der Waals surface area contributed by atoms with Crippen molar-refractivity contribution in [3.63, 3.8) is 0 Å². The van der Waals surface area contributed by atoms with Crippen LogP contribution in [0.4, 0.5) is 8.78 Å². The van der Waals surface area contributed by atoms with E-state index >= 15 is 0 Å². The SMILES string of the molecule is C=C(C=N)OCc1c(F)c(OC)cc(OC)c1F. The second kappa shape index (κ2) is 6.00. The quantitative estimate of drug-likeness (QED) is 0.629. The second-order valence-corrected chi connectivity index (χ2v) is 3.29. The Labute approximate surface area is 103 Å². The number of nitrogens with one attached hydrogen (secondary N) is 1. The van der Waals surface area contributed by atoms with Gasteiger partial charge in [-0.05, 0) is 0 Å². The van der Waals surface area contributed by atoms with Crippen LogP contribution in [0, 0.1) is 17.0 Å². The summed E-state index contributed by atoms with van der Waals surface area (Å²) in [6.07, 6.45) is 0.840. The summed E-state index contributed by atoms with van der Waals surface area (Å²) in [5.74, 6) is -2.03. The Bertz CT molecular complexity index is 447. The van der Waals surface area contributed by atoms with Crippen LogP contribution in [0.1, 0.15) is 5.56 Å². The maximum atomic E-state index is 13.8. The van der Waals surface area contributed by atoms with E-state index in [1.165, 1.54) is 14.2 Å². The van der Waals surface area contributed by atoms with Gasteiger partial charge in [-0.2, -0.15) is 0 Å². The zero-order chi connectivity index (χ0) is 13.7. The van der Waals surface area contributed by atoms with Gasteiger partial charge in [-0.1, -0.05) is 6.58 Å². The van der Waals surface area contributed by atoms with Crippen molar-refractivity contribution >= 4 is 6.21 Å². The van der Waals surface area contributed by atoms with Gasteiger partial charge in [-0.3, -0.25) is 0 Å². The molecule has 0 aromatic heterocycles. The van der Waals surface area contributed by atoms with E-state index in [2.05, 4.69) is 6.58 Å². The van der Waals surface area contributed by atoms with E-state index < -0.39 is 18.2 Å². The molecule has 0 amide bonds. The molecule has 18 heavy (non-hydrogen) atoms. The van der Waals surface area contributed by atoms with Crippen molar-refractivity contribution in [3.8, 4) is 11.5 Å². The number of rotatable bonds is 6. The van der Waals surface area contributed by atoms with Crippen molar-refractivity contribution in [2.24, 2.45) is 0 Å². The van der Waals surface area contributed by atoms with Gasteiger partial charge < -0.3 is 19.6 Å². The van der Waals surface area contributed by atoms with Crippen LogP contribution in [0.2, 0.25) is 0 Å². The number of ether oxygens (including phenoxy) is 3. The van der Waals surface area contributed by atoms with Crippen molar-refractivity contribution in [2.75, 3.05) is 14.2 Å². The van der Waals surface area contributed by atoms with Crippen LogP contribution in [-0.2, 0) is 11.3 Å². The molecule has 0 heterocycles. The second-order valence-electron chi connectivity index (χ2n) is 3.29. The molecule has 0 fully saturated rings. The third kappa shape index (κ3) is 2.77. The highest BCUT2D eigenvalue weighted by atomic mass is 19.1. The molecule has 0 aliphatic heterocycles. The third-order valence-corrected chi connectivity index (χ3v) is 2.23. The van der Waals surface area contributed by atoms with E-state index in [9.17, 15) is 8.78 Å². The number of methoxy groups -OCH3 is 2. The smallest absolute Gasteiger partial charge is 0.174 e. The van der Waals surface area contributed by atoms with Gasteiger partial charge >= 0.3 is 0 Å². The molecule has 1 rings (SSSR count). The van der Waals surface area contributed by atoms with Gasteiger partial charge in [-0.15, -0.1) is 0 Å². The van der Waals surface area contributed by atoms with E-state index in [4.69, 9.17) is 19.6 Å². The molecule has 1 N–H and O–H groups in total. The minimum absolute atomic E-state index is 0.00409. The summed E-state index contributed by atoms with van der Waals surface area (Å²) in [7, 11) is 2.52. The minimum Gasteiger partial charge on any atom is -0.494 e. The molecule has 0 bridgehead atoms. The fraction of sp³-hybridized carbons (Fsp3) is 0.250. The number of allylic oxidation sites excluding steroid dienone is 1. The summed E-state index contributed by atoms with van der Waals surface area (Å²) < 4.78 is 42.1. The summed E-state index contributed by atoms with van der Waals surface area (Å²) in [6, 6.07) is 1.11. The molecule has 0 saturated carbocycles. The standard InChI is InChI=1S/C12H13F2NO3/c1-7(5-15)18-6-8-11(13)9(16-2)4-10(17-3)12(8)14/h4-5,15H,1,6H2,2-3H3. The van der Waals surface area contributed by atoms with Gasteiger partial charge in [0.2, 0.25) is 0 Å². The first kappa shape index (κ1) is 14.0. The lowest BCUT2D eigenvalue weighted by Crippen LogP contribution is -2.04. The molecule has 6 heteroatoms. The lowest BCUT2D eigenvalue weighted by atomic mass is 10.1. The minimum atomic E-state index is -0.867. The molecule has 0 aliphatic carbocycles. The summed E-state index contributed by atoms with van der Waals surface area (Å²) >= 11 is 0. The topological polar surface area (TPSA) is 51.5 Å². The predicted octanol–water partition coefficient (Wildman–Crippen LogP) is 2.66. The number of hydrogen-bond acceptors (Lipinski definition) is 4. The largest absolute Gasteiger partial charge is 0.494 e. The summed E-state index contributed by atoms with van der Waals surface area (Å²) in [6.45, 7) is 2.96. The summed E-state index contributed by atoms with van der Waals surface area (Å²) in [4.78, 5) is 0. The van der Waals surface area contributed by atoms with E-state index in [0.717, 1.165) is 12.3 Å². The normalized spacial score (nSPS) is 9.78. The lowest BCUT2D eigenvalue weighted by Gasteiger charge is -2.13. The Morgan fingerprint density at radius 3 is 2.17 bits per heavy atom. The van der Waals surface area contributed by atoms with Crippen LogP contribution in [0.15, 0.2) is 18.4 Å². The highest BCUT2D eigenvalue weighted by Crippen LogP contribution is 2.31. The van der Waals surface area contributed by atoms with Crippen LogP contribution in [0.25, 0.3) is 0 Å². The van der Waals surface area contributed by atoms with Crippen LogP contribution in [-0.4, -0.2) is 20.4 Å². The maximum Gasteiger partial charge on any atom is 0.174 e. The van der Waals surface area contributed by atoms with E-state index in [1.807, 2.05) is 0 Å². The summed E-state index contributed by atoms with van der Waals surface area (Å²) in [5, 5.41) is 6.85. The molecule has 0 spiro atoms. The highest BCUT2D eigenvalue weighted by Gasteiger charge is 2.20. The molecule has 98 valence electrons. The molecule has 0 radical (unpaired) electrons. The fourth-order valence-electron chi connectivity index (χ4n) is 1.27. The first-order valence-electron chi connectivity index (χ1n) is 4.96. The Morgan fingerprint density at radius 1 is 1.28 bits per heavy atom. The van der Waals surface area contributed by atoms with Crippen molar-refractivity contribution in [2.45, 2.75) is 6.61 Å². The highest BCUT2D eigenvalue weighted by molar-refractivity contribution is 5.71. The van der Waals surface area contributed by atoms with Crippen molar-refractivity contribution < 1.29 is 23.0 Å². The first-order valence-corrected chi connectivity index (χ1v) is 4.96. The molecule has 0 aliphatic rings. The molecule has 0 unspecified atom stereocenters. The third-order valence-electron chi connectivity index (χ3n) is 2.23. The van der Waals surface area contributed by atoms with Crippen LogP contribution in [0.3, 0.4) is 0 Å². The molecule has 0 atom stereocenters. The first-order chi connectivity index (χ1) is 8.54. The molecule has 0 saturated heterocycles. The average molecular weight is 257 g/mol. The number of benzene rings is 1. The van der Waals surface area contributed by atoms with Crippen molar-refractivity contribution in [1.29, 1.82) is 5.41 Å². The van der Waals surface area contributed by atoms with Gasteiger partial charge in [0, 0.05) is 6.07 Å². The number of halogens is 2. The van der Waals surface area contributed by atoms with Gasteiger partial charge in [0.25, 0.3) is 0 Å². The molecule has 1 aromatic rings. The van der Waals surface area contributed by atoms with E-state index in [1.54, 1.807) is 0 Å². The Kier molecular flexibility index (Phi) is 4.65. The van der Waals surface area contributed by atoms with E-state index in [0.29, 0.717) is 0 Å². The molecule has 1 aromatic carbocycles. The fourth-order valence-corrected chi connectivity index (χ4v) is 1.27. The Balaban J connectivity index is 3.14. The Hall–Kier alpha value is -2.11. The number of hydrogen-bond donors (Lipinski definition) is 1. The predicted molar refractivity (Wildman–Crippen MR) is 62.2 cm³/mol. The summed E-state index contributed by atoms with van der Waals surface area (Å²) in [5.41, 5.74) is -0.339. The van der Waals surface area contributed by atoms with Gasteiger partial charge in [0.15, 0.2) is 23.1 Å². The van der Waals surface area contributed by atoms with Gasteiger partial charge in [0.05, 0.1) is 26.0 Å². The van der Waals surface area contributed by atoms with Crippen LogP contribution >= 0.6 is 0 Å². The van der Waals surface area contributed by atoms with Crippen molar-refractivity contribution in [3.05, 3.63) is 35.6 Å². The average Bonchev–Trinajstić information content (AvgIpc) is 2.38. The molecular formula is C12H13F2NO3. The van der Waals surface area contributed by atoms with Crippen molar-refractivity contribution in [1.82, 2.24) is 0 Å². The van der Waals surface area contributed by atoms with Gasteiger partial charge in [0.1, 0.15) is 12.4 Å². The maximum absolute atomic E-state index is 13.8. The monoisotopic (exact) mass is 257 g/mol. The van der Waals surface area contributed by atoms with Gasteiger partial charge in [-0.25, -0.2) is 8.78 Å². The van der Waals surface area contributed by atoms with Crippen LogP contribution < -0.4 is 9.47 Å². The zero-order valence-electron chi connectivity index (χ0n) is 10.0. The Morgan fingerprint density at radius 2 is 1.78 bits per heavy atom. The molecule has 4 nitrogen and oxygen atoms in total. The lowest BCUT2D eigenvalue weighted by molar-refractivity contribution is 0.208. The zero-order valence-corrected chi connectivity index (χ0v) is 10.0.